The van der Waals surface area contributed by atoms with Crippen molar-refractivity contribution < 1.29 is 37.1 Å². The molecule has 10 nitrogen and oxygen atoms in total. The third kappa shape index (κ3) is 5.61. The molecule has 12 heteroatoms. The number of nitrogens with one attached hydrogen (secondary N) is 1. The Balaban J connectivity index is 1.64. The highest BCUT2D eigenvalue weighted by molar-refractivity contribution is 7.90. The lowest BCUT2D eigenvalue weighted by Gasteiger charge is -2.12. The molecule has 0 aliphatic carbocycles. The smallest absolute Gasteiger partial charge is 0.338 e. The van der Waals surface area contributed by atoms with Crippen LogP contribution in [-0.4, -0.2) is 70.1 Å². The van der Waals surface area contributed by atoms with E-state index >= 15 is 0 Å². The summed E-state index contributed by atoms with van der Waals surface area (Å²) in [5.41, 5.74) is 0.284. The first-order valence-corrected chi connectivity index (χ1v) is 12.3. The lowest BCUT2D eigenvalue weighted by Crippen LogP contribution is -2.31. The summed E-state index contributed by atoms with van der Waals surface area (Å²) in [7, 11) is -2.00. The summed E-state index contributed by atoms with van der Waals surface area (Å²) in [6.07, 6.45) is 1.49. The average molecular weight is 509 g/mol. The number of carbonyl (C=O) groups excluding carboxylic acids is 4. The molecule has 0 atom stereocenters. The van der Waals surface area contributed by atoms with E-state index in [2.05, 4.69) is 5.32 Å². The Labute approximate surface area is 200 Å². The van der Waals surface area contributed by atoms with Crippen LogP contribution in [0.2, 0.25) is 5.02 Å². The van der Waals surface area contributed by atoms with Gasteiger partial charge in [0.25, 0.3) is 17.7 Å². The van der Waals surface area contributed by atoms with Gasteiger partial charge in [0.15, 0.2) is 16.4 Å². The van der Waals surface area contributed by atoms with Crippen molar-refractivity contribution in [2.45, 2.75) is 11.3 Å². The molecule has 0 bridgehead atoms. The summed E-state index contributed by atoms with van der Waals surface area (Å²) in [4.78, 5) is 50.6. The number of halogens is 1. The number of hydrogen-bond donors (Lipinski definition) is 1. The molecule has 1 aliphatic heterocycles. The van der Waals surface area contributed by atoms with E-state index in [1.165, 1.54) is 43.5 Å². The van der Waals surface area contributed by atoms with Crippen LogP contribution < -0.4 is 5.32 Å². The maximum atomic E-state index is 12.6. The summed E-state index contributed by atoms with van der Waals surface area (Å²) in [6.45, 7) is -0.120. The van der Waals surface area contributed by atoms with E-state index in [0.717, 1.165) is 11.2 Å². The number of nitrogens with zero attached hydrogens (tertiary/aromatic N) is 1. The van der Waals surface area contributed by atoms with Crippen LogP contribution in [0.4, 0.5) is 5.69 Å². The van der Waals surface area contributed by atoms with E-state index in [1.54, 1.807) is 0 Å². The predicted octanol–water partition coefficient (Wildman–Crippen LogP) is 2.17. The molecule has 180 valence electrons. The highest BCUT2D eigenvalue weighted by Gasteiger charge is 2.35. The molecule has 34 heavy (non-hydrogen) atoms. The van der Waals surface area contributed by atoms with Crippen molar-refractivity contribution in [3.05, 3.63) is 58.1 Å². The molecule has 0 spiro atoms. The van der Waals surface area contributed by atoms with Gasteiger partial charge in [0.05, 0.1) is 32.3 Å². The number of benzene rings is 2. The van der Waals surface area contributed by atoms with E-state index in [9.17, 15) is 27.6 Å². The monoisotopic (exact) mass is 508 g/mol. The molecule has 3 amide bonds. The number of amides is 3. The zero-order chi connectivity index (χ0) is 25.0. The zero-order valence-corrected chi connectivity index (χ0v) is 19.9. The van der Waals surface area contributed by atoms with E-state index in [0.29, 0.717) is 13.0 Å². The second-order valence-corrected chi connectivity index (χ2v) is 9.83. The molecule has 0 fully saturated rings. The molecule has 2 aromatic carbocycles. The largest absolute Gasteiger partial charge is 0.452 e. The highest BCUT2D eigenvalue weighted by atomic mass is 35.5. The summed E-state index contributed by atoms with van der Waals surface area (Å²) >= 11 is 5.99. The fourth-order valence-corrected chi connectivity index (χ4v) is 4.03. The minimum atomic E-state index is -3.52. The van der Waals surface area contributed by atoms with Crippen LogP contribution in [0.3, 0.4) is 0 Å². The van der Waals surface area contributed by atoms with E-state index in [1.807, 2.05) is 0 Å². The first-order valence-electron chi connectivity index (χ1n) is 9.98. The average Bonchev–Trinajstić information content (AvgIpc) is 3.02. The minimum absolute atomic E-state index is 0.0106. The van der Waals surface area contributed by atoms with Crippen LogP contribution in [0.15, 0.2) is 41.3 Å². The number of sulfone groups is 1. The molecular weight excluding hydrogens is 488 g/mol. The van der Waals surface area contributed by atoms with Gasteiger partial charge in [-0.05, 0) is 42.8 Å². The summed E-state index contributed by atoms with van der Waals surface area (Å²) < 4.78 is 33.3. The molecule has 0 saturated carbocycles. The van der Waals surface area contributed by atoms with Gasteiger partial charge in [-0.1, -0.05) is 11.6 Å². The molecule has 3 rings (SSSR count). The maximum absolute atomic E-state index is 12.6. The van der Waals surface area contributed by atoms with Crippen LogP contribution in [-0.2, 0) is 24.1 Å². The normalized spacial score (nSPS) is 13.1. The Hall–Kier alpha value is -3.28. The molecule has 2 aromatic rings. The van der Waals surface area contributed by atoms with Crippen molar-refractivity contribution in [2.24, 2.45) is 0 Å². The van der Waals surface area contributed by atoms with Gasteiger partial charge in [0, 0.05) is 26.5 Å². The number of rotatable bonds is 9. The van der Waals surface area contributed by atoms with Gasteiger partial charge in [-0.25, -0.2) is 13.2 Å². The Bertz CT molecular complexity index is 1280. The maximum Gasteiger partial charge on any atom is 0.338 e. The summed E-state index contributed by atoms with van der Waals surface area (Å²) in [5, 5.41) is 2.49. The Morgan fingerprint density at radius 1 is 1.06 bits per heavy atom. The van der Waals surface area contributed by atoms with Crippen molar-refractivity contribution in [1.82, 2.24) is 4.90 Å². The van der Waals surface area contributed by atoms with E-state index in [4.69, 9.17) is 21.1 Å². The molecule has 1 aliphatic rings. The van der Waals surface area contributed by atoms with Crippen LogP contribution in [0.5, 0.6) is 0 Å². The first-order chi connectivity index (χ1) is 16.0. The van der Waals surface area contributed by atoms with Crippen molar-refractivity contribution in [2.75, 3.05) is 38.4 Å². The number of ether oxygens (including phenoxy) is 2. The van der Waals surface area contributed by atoms with Gasteiger partial charge >= 0.3 is 5.97 Å². The molecule has 1 N–H and O–H groups in total. The fourth-order valence-electron chi connectivity index (χ4n) is 3.22. The number of imide groups is 1. The Morgan fingerprint density at radius 2 is 1.76 bits per heavy atom. The third-order valence-electron chi connectivity index (χ3n) is 4.91. The number of hydrogen-bond acceptors (Lipinski definition) is 8. The van der Waals surface area contributed by atoms with Crippen molar-refractivity contribution >= 4 is 50.8 Å². The number of anilines is 1. The molecule has 0 unspecified atom stereocenters. The quantitative estimate of drug-likeness (QED) is 0.309. The highest BCUT2D eigenvalue weighted by Crippen LogP contribution is 2.26. The first kappa shape index (κ1) is 25.3. The number of esters is 1. The topological polar surface area (TPSA) is 136 Å². The second-order valence-electron chi connectivity index (χ2n) is 7.41. The standard InChI is InChI=1S/C22H21ClN2O8S/c1-32-9-3-8-25-20(27)15-6-4-13(10-16(15)21(25)28)22(29)33-12-19(26)24-18-11-14(34(2,30)31)5-7-17(18)23/h4-7,10-11H,3,8-9,12H2,1-2H3,(H,24,26). The summed E-state index contributed by atoms with van der Waals surface area (Å²) in [6, 6.07) is 7.75. The number of methoxy groups -OCH3 is 1. The third-order valence-corrected chi connectivity index (χ3v) is 6.35. The van der Waals surface area contributed by atoms with Crippen molar-refractivity contribution in [3.63, 3.8) is 0 Å². The molecule has 0 aromatic heterocycles. The Kier molecular flexibility index (Phi) is 7.70. The zero-order valence-electron chi connectivity index (χ0n) is 18.3. The van der Waals surface area contributed by atoms with Gasteiger partial charge in [0.2, 0.25) is 0 Å². The van der Waals surface area contributed by atoms with E-state index < -0.39 is 40.1 Å². The second kappa shape index (κ2) is 10.3. The molecule has 0 radical (unpaired) electrons. The molecule has 0 saturated heterocycles. The lowest BCUT2D eigenvalue weighted by atomic mass is 10.1. The van der Waals surface area contributed by atoms with Crippen LogP contribution >= 0.6 is 11.6 Å². The predicted molar refractivity (Wildman–Crippen MR) is 122 cm³/mol. The number of carbonyl (C=O) groups is 4. The van der Waals surface area contributed by atoms with Gasteiger partial charge < -0.3 is 14.8 Å². The van der Waals surface area contributed by atoms with Gasteiger partial charge in [-0.2, -0.15) is 0 Å². The summed E-state index contributed by atoms with van der Waals surface area (Å²) in [5.74, 6) is -2.61. The number of fused-ring (bicyclic) bond motifs is 1. The lowest BCUT2D eigenvalue weighted by molar-refractivity contribution is -0.119. The van der Waals surface area contributed by atoms with Gasteiger partial charge in [-0.15, -0.1) is 0 Å². The fraction of sp³-hybridized carbons (Fsp3) is 0.273. The minimum Gasteiger partial charge on any atom is -0.452 e. The molecule has 1 heterocycles. The van der Waals surface area contributed by atoms with E-state index in [-0.39, 0.29) is 38.8 Å². The van der Waals surface area contributed by atoms with Crippen LogP contribution in [0.1, 0.15) is 37.5 Å². The van der Waals surface area contributed by atoms with Crippen molar-refractivity contribution in [1.29, 1.82) is 0 Å². The van der Waals surface area contributed by atoms with Gasteiger partial charge in [-0.3, -0.25) is 19.3 Å². The van der Waals surface area contributed by atoms with Crippen LogP contribution in [0, 0.1) is 0 Å². The van der Waals surface area contributed by atoms with Crippen molar-refractivity contribution in [3.8, 4) is 0 Å². The van der Waals surface area contributed by atoms with Crippen LogP contribution in [0.25, 0.3) is 0 Å². The SMILES string of the molecule is COCCCN1C(=O)c2ccc(C(=O)OCC(=O)Nc3cc(S(C)(=O)=O)ccc3Cl)cc2C1=O. The molecular formula is C22H21ClN2O8S. The van der Waals surface area contributed by atoms with Gasteiger partial charge in [0.1, 0.15) is 0 Å². The Morgan fingerprint density at radius 3 is 2.44 bits per heavy atom.